The molecular weight excluding hydrogens is 373 g/mol. The van der Waals surface area contributed by atoms with Crippen LogP contribution in [0.1, 0.15) is 49.9 Å². The fourth-order valence-corrected chi connectivity index (χ4v) is 3.64. The maximum absolute atomic E-state index is 12.5. The molecule has 5 nitrogen and oxygen atoms in total. The number of aromatic nitrogens is 1. The van der Waals surface area contributed by atoms with Crippen molar-refractivity contribution in [2.24, 2.45) is 5.92 Å². The Kier molecular flexibility index (Phi) is 5.52. The Morgan fingerprint density at radius 1 is 1.18 bits per heavy atom. The van der Waals surface area contributed by atoms with E-state index in [1.807, 2.05) is 13.8 Å². The summed E-state index contributed by atoms with van der Waals surface area (Å²) >= 11 is 0. The van der Waals surface area contributed by atoms with Crippen molar-refractivity contribution >= 4 is 16.8 Å². The van der Waals surface area contributed by atoms with Gasteiger partial charge in [-0.2, -0.15) is 0 Å². The van der Waals surface area contributed by atoms with Gasteiger partial charge in [0.25, 0.3) is 5.91 Å². The summed E-state index contributed by atoms with van der Waals surface area (Å²) in [6, 6.07) is 5.44. The quantitative estimate of drug-likeness (QED) is 0.813. The molecule has 0 saturated heterocycles. The number of hydrogen-bond acceptors (Lipinski definition) is 4. The monoisotopic (exact) mass is 396 g/mol. The number of ether oxygens (including phenoxy) is 1. The van der Waals surface area contributed by atoms with Crippen LogP contribution in [0, 0.1) is 5.92 Å². The maximum atomic E-state index is 12.5. The lowest BCUT2D eigenvalue weighted by Gasteiger charge is -2.36. The van der Waals surface area contributed by atoms with E-state index in [0.717, 1.165) is 25.7 Å². The first-order chi connectivity index (χ1) is 13.0. The molecule has 1 amide bonds. The van der Waals surface area contributed by atoms with Crippen LogP contribution >= 0.6 is 0 Å². The number of pyridine rings is 1. The molecule has 8 heteroatoms. The van der Waals surface area contributed by atoms with E-state index in [2.05, 4.69) is 15.0 Å². The molecule has 0 unspecified atom stereocenters. The molecule has 2 N–H and O–H groups in total. The van der Waals surface area contributed by atoms with E-state index < -0.39 is 12.0 Å². The normalized spacial score (nSPS) is 20.8. The predicted octanol–water partition coefficient (Wildman–Crippen LogP) is 4.19. The van der Waals surface area contributed by atoms with E-state index in [0.29, 0.717) is 16.5 Å². The molecule has 0 atom stereocenters. The number of rotatable bonds is 4. The van der Waals surface area contributed by atoms with E-state index in [4.69, 9.17) is 0 Å². The van der Waals surface area contributed by atoms with Gasteiger partial charge in [-0.15, -0.1) is 13.2 Å². The fourth-order valence-electron chi connectivity index (χ4n) is 3.64. The first kappa shape index (κ1) is 20.4. The van der Waals surface area contributed by atoms with Gasteiger partial charge in [0, 0.05) is 23.7 Å². The minimum absolute atomic E-state index is 0.0318. The number of alkyl halides is 3. The van der Waals surface area contributed by atoms with Crippen molar-refractivity contribution in [2.75, 3.05) is 0 Å². The molecule has 1 heterocycles. The average molecular weight is 396 g/mol. The van der Waals surface area contributed by atoms with Crippen LogP contribution in [0.5, 0.6) is 5.75 Å². The second-order valence-corrected chi connectivity index (χ2v) is 7.80. The fraction of sp³-hybridized carbons (Fsp3) is 0.500. The van der Waals surface area contributed by atoms with Crippen molar-refractivity contribution in [3.05, 3.63) is 36.0 Å². The van der Waals surface area contributed by atoms with Gasteiger partial charge < -0.3 is 15.2 Å². The zero-order valence-corrected chi connectivity index (χ0v) is 15.7. The van der Waals surface area contributed by atoms with Gasteiger partial charge in [-0.05, 0) is 63.6 Å². The van der Waals surface area contributed by atoms with Gasteiger partial charge in [-0.3, -0.25) is 9.78 Å². The number of nitrogens with zero attached hydrogens (tertiary/aromatic N) is 1. The number of carbonyl (C=O) groups is 1. The first-order valence-electron chi connectivity index (χ1n) is 9.20. The zero-order chi connectivity index (χ0) is 20.5. The molecule has 2 aromatic rings. The number of fused-ring (bicyclic) bond motifs is 1. The molecule has 1 fully saturated rings. The molecule has 1 aliphatic carbocycles. The van der Waals surface area contributed by atoms with Gasteiger partial charge in [0.2, 0.25) is 0 Å². The molecule has 0 aliphatic heterocycles. The maximum Gasteiger partial charge on any atom is 0.573 e. The zero-order valence-electron chi connectivity index (χ0n) is 15.7. The van der Waals surface area contributed by atoms with Crippen LogP contribution in [0.4, 0.5) is 13.2 Å². The molecule has 0 bridgehead atoms. The highest BCUT2D eigenvalue weighted by molar-refractivity contribution is 5.97. The third-order valence-electron chi connectivity index (χ3n) is 5.21. The lowest BCUT2D eigenvalue weighted by molar-refractivity contribution is -0.274. The summed E-state index contributed by atoms with van der Waals surface area (Å²) in [6.45, 7) is 3.62. The van der Waals surface area contributed by atoms with Crippen LogP contribution in [0.3, 0.4) is 0 Å². The van der Waals surface area contributed by atoms with Crippen molar-refractivity contribution in [1.82, 2.24) is 10.3 Å². The average Bonchev–Trinajstić information content (AvgIpc) is 2.59. The third-order valence-corrected chi connectivity index (χ3v) is 5.21. The summed E-state index contributed by atoms with van der Waals surface area (Å²) in [4.78, 5) is 16.6. The summed E-state index contributed by atoms with van der Waals surface area (Å²) in [7, 11) is 0. The second kappa shape index (κ2) is 7.58. The summed E-state index contributed by atoms with van der Waals surface area (Å²) in [5.41, 5.74) is -0.0584. The molecule has 0 radical (unpaired) electrons. The molecule has 1 aromatic carbocycles. The number of carbonyl (C=O) groups excluding carboxylic acids is 1. The molecule has 3 rings (SSSR count). The summed E-state index contributed by atoms with van der Waals surface area (Å²) in [5.74, 6) is -0.402. The molecule has 28 heavy (non-hydrogen) atoms. The molecule has 1 aromatic heterocycles. The van der Waals surface area contributed by atoms with Crippen LogP contribution in [0.15, 0.2) is 30.5 Å². The topological polar surface area (TPSA) is 71.5 Å². The number of halogens is 3. The highest BCUT2D eigenvalue weighted by atomic mass is 19.4. The van der Waals surface area contributed by atoms with E-state index in [1.54, 1.807) is 6.07 Å². The lowest BCUT2D eigenvalue weighted by atomic mass is 9.77. The van der Waals surface area contributed by atoms with Crippen LogP contribution in [-0.4, -0.2) is 34.0 Å². The number of aliphatic hydroxyl groups is 1. The highest BCUT2D eigenvalue weighted by Crippen LogP contribution is 2.32. The Morgan fingerprint density at radius 2 is 1.86 bits per heavy atom. The highest BCUT2D eigenvalue weighted by Gasteiger charge is 2.32. The van der Waals surface area contributed by atoms with Crippen molar-refractivity contribution in [3.63, 3.8) is 0 Å². The Hall–Kier alpha value is -2.35. The standard InChI is InChI=1S/C20H23F3N2O3/c1-19(2,27)14-4-6-15(7-5-14)25-18(26)13-9-12-3-8-16(28-20(21,22)23)10-17(12)24-11-13/h3,8-11,14-15,27H,4-7H2,1-2H3,(H,25,26). The summed E-state index contributed by atoms with van der Waals surface area (Å²) in [5, 5.41) is 13.6. The van der Waals surface area contributed by atoms with Crippen LogP contribution in [0.25, 0.3) is 10.9 Å². The van der Waals surface area contributed by atoms with E-state index in [9.17, 15) is 23.1 Å². The first-order valence-corrected chi connectivity index (χ1v) is 9.20. The van der Waals surface area contributed by atoms with Crippen LogP contribution in [0.2, 0.25) is 0 Å². The van der Waals surface area contributed by atoms with E-state index in [-0.39, 0.29) is 23.6 Å². The van der Waals surface area contributed by atoms with Crippen LogP contribution in [-0.2, 0) is 0 Å². The number of nitrogens with one attached hydrogen (secondary N) is 1. The number of amides is 1. The minimum atomic E-state index is -4.77. The largest absolute Gasteiger partial charge is 0.573 e. The van der Waals surface area contributed by atoms with Crippen molar-refractivity contribution in [2.45, 2.75) is 57.5 Å². The van der Waals surface area contributed by atoms with E-state index in [1.165, 1.54) is 24.4 Å². The summed E-state index contributed by atoms with van der Waals surface area (Å²) in [6.07, 6.45) is -0.160. The number of benzene rings is 1. The Balaban J connectivity index is 1.65. The van der Waals surface area contributed by atoms with Crippen molar-refractivity contribution < 1.29 is 27.8 Å². The third kappa shape index (κ3) is 5.13. The van der Waals surface area contributed by atoms with Crippen molar-refractivity contribution in [3.8, 4) is 5.75 Å². The molecule has 0 spiro atoms. The summed E-state index contributed by atoms with van der Waals surface area (Å²) < 4.78 is 40.8. The second-order valence-electron chi connectivity index (χ2n) is 7.80. The van der Waals surface area contributed by atoms with Gasteiger partial charge in [0.1, 0.15) is 5.75 Å². The Labute approximate surface area is 160 Å². The minimum Gasteiger partial charge on any atom is -0.406 e. The Bertz CT molecular complexity index is 854. The van der Waals surface area contributed by atoms with Gasteiger partial charge >= 0.3 is 6.36 Å². The van der Waals surface area contributed by atoms with Gasteiger partial charge in [-0.1, -0.05) is 0 Å². The molecule has 1 aliphatic rings. The van der Waals surface area contributed by atoms with Gasteiger partial charge in [0.15, 0.2) is 0 Å². The Morgan fingerprint density at radius 3 is 2.46 bits per heavy atom. The van der Waals surface area contributed by atoms with Gasteiger partial charge in [0.05, 0.1) is 16.7 Å². The molecule has 1 saturated carbocycles. The van der Waals surface area contributed by atoms with Crippen LogP contribution < -0.4 is 10.1 Å². The smallest absolute Gasteiger partial charge is 0.406 e. The van der Waals surface area contributed by atoms with E-state index >= 15 is 0 Å². The van der Waals surface area contributed by atoms with Gasteiger partial charge in [-0.25, -0.2) is 0 Å². The number of hydrogen-bond donors (Lipinski definition) is 2. The molecular formula is C20H23F3N2O3. The SMILES string of the molecule is CC(C)(O)C1CCC(NC(=O)c2cnc3cc(OC(F)(F)F)ccc3c2)CC1. The predicted molar refractivity (Wildman–Crippen MR) is 97.9 cm³/mol. The lowest BCUT2D eigenvalue weighted by Crippen LogP contribution is -2.41. The molecule has 152 valence electrons. The van der Waals surface area contributed by atoms with Crippen molar-refractivity contribution in [1.29, 1.82) is 0 Å².